The SMILES string of the molecule is COC(C)(C)c1nc(C(C)(C)CN)cs1. The normalized spacial score (nSPS) is 13.2. The predicted molar refractivity (Wildman–Crippen MR) is 64.2 cm³/mol. The quantitative estimate of drug-likeness (QED) is 0.860. The average Bonchev–Trinajstić information content (AvgIpc) is 2.67. The molecule has 1 heterocycles. The predicted octanol–water partition coefficient (Wildman–Crippen LogP) is 2.26. The lowest BCUT2D eigenvalue weighted by Gasteiger charge is -2.21. The number of hydrogen-bond donors (Lipinski definition) is 1. The molecular weight excluding hydrogens is 208 g/mol. The maximum Gasteiger partial charge on any atom is 0.124 e. The Bertz CT molecular complexity index is 301. The molecule has 15 heavy (non-hydrogen) atoms. The second-order valence-corrected chi connectivity index (χ2v) is 5.70. The molecule has 0 aromatic carbocycles. The molecule has 3 nitrogen and oxygen atoms in total. The number of thiazole rings is 1. The first-order valence-electron chi connectivity index (χ1n) is 5.05. The summed E-state index contributed by atoms with van der Waals surface area (Å²) in [4.78, 5) is 4.61. The Hall–Kier alpha value is -0.450. The topological polar surface area (TPSA) is 48.1 Å². The molecule has 1 aromatic heterocycles. The molecule has 0 aliphatic heterocycles. The highest BCUT2D eigenvalue weighted by Crippen LogP contribution is 2.31. The van der Waals surface area contributed by atoms with Crippen molar-refractivity contribution in [1.82, 2.24) is 4.98 Å². The smallest absolute Gasteiger partial charge is 0.124 e. The minimum atomic E-state index is -0.312. The van der Waals surface area contributed by atoms with E-state index in [2.05, 4.69) is 24.2 Å². The second kappa shape index (κ2) is 4.20. The summed E-state index contributed by atoms with van der Waals surface area (Å²) in [5.41, 5.74) is 6.40. The molecule has 0 aliphatic carbocycles. The lowest BCUT2D eigenvalue weighted by Crippen LogP contribution is -2.29. The van der Waals surface area contributed by atoms with Gasteiger partial charge in [0.05, 0.1) is 5.69 Å². The van der Waals surface area contributed by atoms with Crippen LogP contribution in [-0.4, -0.2) is 18.6 Å². The number of nitrogens with zero attached hydrogens (tertiary/aromatic N) is 1. The minimum absolute atomic E-state index is 0.0570. The van der Waals surface area contributed by atoms with Gasteiger partial charge in [0.1, 0.15) is 10.6 Å². The fourth-order valence-electron chi connectivity index (χ4n) is 1.05. The van der Waals surface area contributed by atoms with Crippen molar-refractivity contribution in [3.63, 3.8) is 0 Å². The van der Waals surface area contributed by atoms with Gasteiger partial charge in [-0.2, -0.15) is 0 Å². The van der Waals surface area contributed by atoms with E-state index in [0.717, 1.165) is 10.7 Å². The van der Waals surface area contributed by atoms with E-state index in [1.54, 1.807) is 18.4 Å². The third kappa shape index (κ3) is 2.56. The third-order valence-corrected chi connectivity index (χ3v) is 3.88. The summed E-state index contributed by atoms with van der Waals surface area (Å²) in [6.07, 6.45) is 0. The van der Waals surface area contributed by atoms with Crippen LogP contribution < -0.4 is 5.73 Å². The molecule has 0 saturated heterocycles. The van der Waals surface area contributed by atoms with Crippen LogP contribution in [0.4, 0.5) is 0 Å². The molecule has 1 aromatic rings. The molecule has 2 N–H and O–H groups in total. The molecule has 0 bridgehead atoms. The van der Waals surface area contributed by atoms with Crippen molar-refractivity contribution in [1.29, 1.82) is 0 Å². The molecule has 4 heteroatoms. The molecule has 0 fully saturated rings. The first kappa shape index (κ1) is 12.6. The van der Waals surface area contributed by atoms with E-state index in [1.165, 1.54) is 0 Å². The molecule has 0 amide bonds. The summed E-state index contributed by atoms with van der Waals surface area (Å²) < 4.78 is 5.40. The van der Waals surface area contributed by atoms with Crippen LogP contribution in [0.2, 0.25) is 0 Å². The largest absolute Gasteiger partial charge is 0.372 e. The molecule has 0 aliphatic rings. The van der Waals surface area contributed by atoms with E-state index in [9.17, 15) is 0 Å². The minimum Gasteiger partial charge on any atom is -0.372 e. The Morgan fingerprint density at radius 2 is 2.00 bits per heavy atom. The fourth-order valence-corrected chi connectivity index (χ4v) is 2.17. The first-order chi connectivity index (χ1) is 6.83. The van der Waals surface area contributed by atoms with Crippen molar-refractivity contribution in [3.8, 4) is 0 Å². The molecular formula is C11H20N2OS. The summed E-state index contributed by atoms with van der Waals surface area (Å²) in [5, 5.41) is 3.07. The Morgan fingerprint density at radius 1 is 1.40 bits per heavy atom. The first-order valence-corrected chi connectivity index (χ1v) is 5.93. The van der Waals surface area contributed by atoms with E-state index in [4.69, 9.17) is 10.5 Å². The Morgan fingerprint density at radius 3 is 2.47 bits per heavy atom. The van der Waals surface area contributed by atoms with Gasteiger partial charge in [-0.1, -0.05) is 13.8 Å². The van der Waals surface area contributed by atoms with Crippen LogP contribution in [0.25, 0.3) is 0 Å². The van der Waals surface area contributed by atoms with Gasteiger partial charge in [0.25, 0.3) is 0 Å². The standard InChI is InChI=1S/C11H20N2OS/c1-10(2,7-12)8-6-15-9(13-8)11(3,4)14-5/h6H,7,12H2,1-5H3. The monoisotopic (exact) mass is 228 g/mol. The van der Waals surface area contributed by atoms with Gasteiger partial charge >= 0.3 is 0 Å². The van der Waals surface area contributed by atoms with E-state index in [0.29, 0.717) is 6.54 Å². The highest BCUT2D eigenvalue weighted by atomic mass is 32.1. The molecule has 0 saturated carbocycles. The summed E-state index contributed by atoms with van der Waals surface area (Å²) in [6, 6.07) is 0. The second-order valence-electron chi connectivity index (χ2n) is 4.84. The number of methoxy groups -OCH3 is 1. The molecule has 1 rings (SSSR count). The molecule has 0 spiro atoms. The Balaban J connectivity index is 3.00. The van der Waals surface area contributed by atoms with Gasteiger partial charge in [0, 0.05) is 24.4 Å². The van der Waals surface area contributed by atoms with E-state index >= 15 is 0 Å². The van der Waals surface area contributed by atoms with Crippen molar-refractivity contribution in [2.24, 2.45) is 5.73 Å². The van der Waals surface area contributed by atoms with Gasteiger partial charge in [-0.05, 0) is 13.8 Å². The van der Waals surface area contributed by atoms with Crippen molar-refractivity contribution in [2.75, 3.05) is 13.7 Å². The lowest BCUT2D eigenvalue weighted by atomic mass is 9.90. The van der Waals surface area contributed by atoms with Crippen LogP contribution in [0.5, 0.6) is 0 Å². The number of aromatic nitrogens is 1. The van der Waals surface area contributed by atoms with Gasteiger partial charge in [0.15, 0.2) is 0 Å². The number of rotatable bonds is 4. The van der Waals surface area contributed by atoms with Gasteiger partial charge in [-0.25, -0.2) is 4.98 Å². The van der Waals surface area contributed by atoms with Gasteiger partial charge in [-0.3, -0.25) is 0 Å². The van der Waals surface area contributed by atoms with Crippen molar-refractivity contribution >= 4 is 11.3 Å². The van der Waals surface area contributed by atoms with Crippen molar-refractivity contribution < 1.29 is 4.74 Å². The molecule has 86 valence electrons. The highest BCUT2D eigenvalue weighted by molar-refractivity contribution is 7.09. The van der Waals surface area contributed by atoms with Gasteiger partial charge in [-0.15, -0.1) is 11.3 Å². The summed E-state index contributed by atoms with van der Waals surface area (Å²) in [5.74, 6) is 0. The number of nitrogens with two attached hydrogens (primary N) is 1. The zero-order chi connectivity index (χ0) is 11.7. The number of ether oxygens (including phenoxy) is 1. The number of hydrogen-bond acceptors (Lipinski definition) is 4. The maximum absolute atomic E-state index is 5.72. The maximum atomic E-state index is 5.72. The van der Waals surface area contributed by atoms with Crippen LogP contribution in [0.3, 0.4) is 0 Å². The van der Waals surface area contributed by atoms with Crippen molar-refractivity contribution in [3.05, 3.63) is 16.1 Å². The lowest BCUT2D eigenvalue weighted by molar-refractivity contribution is 0.0188. The van der Waals surface area contributed by atoms with Gasteiger partial charge < -0.3 is 10.5 Å². The Labute approximate surface area is 95.7 Å². The Kier molecular flexibility index (Phi) is 3.53. The van der Waals surface area contributed by atoms with Crippen LogP contribution in [0, 0.1) is 0 Å². The van der Waals surface area contributed by atoms with Crippen molar-refractivity contribution in [2.45, 2.75) is 38.7 Å². The van der Waals surface area contributed by atoms with E-state index < -0.39 is 0 Å². The van der Waals surface area contributed by atoms with E-state index in [1.807, 2.05) is 13.8 Å². The van der Waals surface area contributed by atoms with Crippen LogP contribution in [0.15, 0.2) is 5.38 Å². The highest BCUT2D eigenvalue weighted by Gasteiger charge is 2.27. The average molecular weight is 228 g/mol. The summed E-state index contributed by atoms with van der Waals surface area (Å²) in [6.45, 7) is 8.84. The van der Waals surface area contributed by atoms with Crippen LogP contribution in [-0.2, 0) is 15.8 Å². The molecule has 0 radical (unpaired) electrons. The van der Waals surface area contributed by atoms with E-state index in [-0.39, 0.29) is 11.0 Å². The van der Waals surface area contributed by atoms with Crippen LogP contribution >= 0.6 is 11.3 Å². The summed E-state index contributed by atoms with van der Waals surface area (Å²) in [7, 11) is 1.70. The zero-order valence-corrected chi connectivity index (χ0v) is 10.9. The molecule has 0 unspecified atom stereocenters. The van der Waals surface area contributed by atoms with Gasteiger partial charge in [0.2, 0.25) is 0 Å². The molecule has 0 atom stereocenters. The summed E-state index contributed by atoms with van der Waals surface area (Å²) >= 11 is 1.63. The zero-order valence-electron chi connectivity index (χ0n) is 10.1. The third-order valence-electron chi connectivity index (χ3n) is 2.73. The van der Waals surface area contributed by atoms with Crippen LogP contribution in [0.1, 0.15) is 38.4 Å². The fraction of sp³-hybridized carbons (Fsp3) is 0.727.